The quantitative estimate of drug-likeness (QED) is 0.587. The Morgan fingerprint density at radius 1 is 1.21 bits per heavy atom. The van der Waals surface area contributed by atoms with Gasteiger partial charge in [-0.2, -0.15) is 0 Å². The van der Waals surface area contributed by atoms with Crippen molar-refractivity contribution in [3.05, 3.63) is 0 Å². The first-order valence-electron chi connectivity index (χ1n) is 10.2. The molecule has 3 saturated heterocycles. The monoisotopic (exact) mass is 423 g/mol. The summed E-state index contributed by atoms with van der Waals surface area (Å²) in [7, 11) is 0. The lowest BCUT2D eigenvalue weighted by Crippen LogP contribution is -2.65. The number of alkyl halides is 4. The largest absolute Gasteiger partial charge is 0.299 e. The molecule has 4 rings (SSSR count). The number of hydrazine groups is 1. The van der Waals surface area contributed by atoms with Crippen molar-refractivity contribution in [1.29, 1.82) is 0 Å². The normalized spacial score (nSPS) is 43.2. The van der Waals surface area contributed by atoms with Crippen molar-refractivity contribution in [3.63, 3.8) is 0 Å². The van der Waals surface area contributed by atoms with Crippen molar-refractivity contribution in [2.75, 3.05) is 32.8 Å². The Morgan fingerprint density at radius 3 is 2.82 bits per heavy atom. The molecule has 0 aromatic carbocycles. The number of fused-ring (bicyclic) bond motifs is 1. The van der Waals surface area contributed by atoms with Crippen LogP contribution in [0.4, 0.5) is 13.2 Å². The Morgan fingerprint density at radius 2 is 2.04 bits per heavy atom. The van der Waals surface area contributed by atoms with Crippen molar-refractivity contribution in [2.24, 2.45) is 11.8 Å². The summed E-state index contributed by atoms with van der Waals surface area (Å²) < 4.78 is 40.5. The van der Waals surface area contributed by atoms with Gasteiger partial charge in [-0.15, -0.1) is 11.6 Å². The van der Waals surface area contributed by atoms with Gasteiger partial charge in [0.15, 0.2) is 0 Å². The lowest BCUT2D eigenvalue weighted by atomic mass is 9.78. The van der Waals surface area contributed by atoms with E-state index in [1.54, 1.807) is 0 Å². The number of carbonyl (C=O) groups is 1. The number of piperidine rings is 1. The number of nitrogens with one attached hydrogen (secondary N) is 3. The molecule has 3 heterocycles. The third-order valence-electron chi connectivity index (χ3n) is 6.99. The molecule has 1 amide bonds. The number of hydrogen-bond donors (Lipinski definition) is 3. The molecule has 0 aromatic heterocycles. The van der Waals surface area contributed by atoms with E-state index >= 15 is 0 Å². The molecule has 1 aliphatic carbocycles. The second-order valence-electron chi connectivity index (χ2n) is 8.60. The molecule has 0 bridgehead atoms. The predicted octanol–water partition coefficient (Wildman–Crippen LogP) is 0.922. The van der Waals surface area contributed by atoms with Crippen LogP contribution in [0, 0.1) is 11.8 Å². The summed E-state index contributed by atoms with van der Waals surface area (Å²) in [6, 6.07) is 0.456. The van der Waals surface area contributed by atoms with Gasteiger partial charge in [-0.3, -0.25) is 25.3 Å². The highest BCUT2D eigenvalue weighted by Gasteiger charge is 2.45. The Labute approximate surface area is 168 Å². The minimum absolute atomic E-state index is 0.0146. The van der Waals surface area contributed by atoms with Crippen molar-refractivity contribution >= 4 is 17.5 Å². The molecule has 10 heteroatoms. The molecule has 28 heavy (non-hydrogen) atoms. The van der Waals surface area contributed by atoms with Gasteiger partial charge in [-0.25, -0.2) is 18.6 Å². The maximum atomic E-state index is 13.6. The maximum absolute atomic E-state index is 13.6. The van der Waals surface area contributed by atoms with E-state index in [4.69, 9.17) is 11.6 Å². The lowest BCUT2D eigenvalue weighted by Gasteiger charge is -2.44. The van der Waals surface area contributed by atoms with Crippen LogP contribution in [0.25, 0.3) is 0 Å². The summed E-state index contributed by atoms with van der Waals surface area (Å²) in [6.07, 6.45) is -1.73. The van der Waals surface area contributed by atoms with Gasteiger partial charge in [-0.1, -0.05) is 0 Å². The fraction of sp³-hybridized carbons (Fsp3) is 0.944. The minimum atomic E-state index is -2.46. The van der Waals surface area contributed by atoms with Crippen LogP contribution >= 0.6 is 11.6 Å². The highest BCUT2D eigenvalue weighted by molar-refractivity contribution is 6.31. The van der Waals surface area contributed by atoms with Crippen LogP contribution in [0.3, 0.4) is 0 Å². The lowest BCUT2D eigenvalue weighted by molar-refractivity contribution is -0.125. The molecule has 6 nitrogen and oxygen atoms in total. The summed E-state index contributed by atoms with van der Waals surface area (Å²) in [6.45, 7) is 3.46. The number of hydrogen-bond acceptors (Lipinski definition) is 5. The van der Waals surface area contributed by atoms with Gasteiger partial charge >= 0.3 is 0 Å². The van der Waals surface area contributed by atoms with Crippen molar-refractivity contribution in [3.8, 4) is 0 Å². The predicted molar refractivity (Wildman–Crippen MR) is 99.8 cm³/mol. The molecule has 3 aliphatic heterocycles. The zero-order valence-corrected chi connectivity index (χ0v) is 16.6. The smallest absolute Gasteiger partial charge is 0.253 e. The number of amides is 1. The molecule has 3 N–H and O–H groups in total. The SMILES string of the molecule is O=C1NNCC(N2CCC3C(C2)NCN3CC2CCC(F)CC2C(F)F)C1Cl. The highest BCUT2D eigenvalue weighted by atomic mass is 35.5. The maximum Gasteiger partial charge on any atom is 0.253 e. The van der Waals surface area contributed by atoms with Gasteiger partial charge in [0, 0.05) is 56.9 Å². The average Bonchev–Trinajstić information content (AvgIpc) is 3.07. The summed E-state index contributed by atoms with van der Waals surface area (Å²) >= 11 is 6.30. The van der Waals surface area contributed by atoms with E-state index in [0.29, 0.717) is 32.6 Å². The molecule has 4 fully saturated rings. The van der Waals surface area contributed by atoms with Gasteiger partial charge in [0.2, 0.25) is 6.43 Å². The zero-order valence-electron chi connectivity index (χ0n) is 15.8. The van der Waals surface area contributed by atoms with Crippen LogP contribution in [-0.4, -0.2) is 84.7 Å². The van der Waals surface area contributed by atoms with Gasteiger partial charge in [0.1, 0.15) is 11.5 Å². The molecule has 7 unspecified atom stereocenters. The number of carbonyl (C=O) groups excluding carboxylic acids is 1. The fourth-order valence-electron chi connectivity index (χ4n) is 5.41. The van der Waals surface area contributed by atoms with Crippen molar-refractivity contribution < 1.29 is 18.0 Å². The number of halogens is 4. The topological polar surface area (TPSA) is 59.6 Å². The van der Waals surface area contributed by atoms with Crippen LogP contribution < -0.4 is 16.2 Å². The summed E-state index contributed by atoms with van der Waals surface area (Å²) in [5.74, 6) is -1.20. The molecule has 0 spiro atoms. The summed E-state index contributed by atoms with van der Waals surface area (Å²) in [5, 5.41) is 2.92. The van der Waals surface area contributed by atoms with E-state index in [-0.39, 0.29) is 36.4 Å². The van der Waals surface area contributed by atoms with Crippen molar-refractivity contribution in [2.45, 2.75) is 61.8 Å². The third-order valence-corrected chi connectivity index (χ3v) is 7.48. The molecule has 0 radical (unpaired) electrons. The van der Waals surface area contributed by atoms with Gasteiger partial charge in [0.05, 0.1) is 0 Å². The van der Waals surface area contributed by atoms with Crippen LogP contribution in [0.5, 0.6) is 0 Å². The third kappa shape index (κ3) is 4.14. The number of nitrogens with zero attached hydrogens (tertiary/aromatic N) is 2. The Balaban J connectivity index is 1.35. The molecule has 160 valence electrons. The van der Waals surface area contributed by atoms with E-state index in [2.05, 4.69) is 26.0 Å². The molecule has 0 aromatic rings. The van der Waals surface area contributed by atoms with E-state index in [0.717, 1.165) is 19.5 Å². The molecule has 7 atom stereocenters. The van der Waals surface area contributed by atoms with Crippen LogP contribution in [-0.2, 0) is 4.79 Å². The standard InChI is InChI=1S/C18H29ClF3N5O/c19-16-15(6-24-25-18(16)28)26-4-3-14-13(8-26)23-9-27(14)7-10-1-2-11(20)5-12(10)17(21)22/h10-17,23-24H,1-9H2,(H,25,28). The average molecular weight is 424 g/mol. The van der Waals surface area contributed by atoms with E-state index in [1.165, 1.54) is 0 Å². The second-order valence-corrected chi connectivity index (χ2v) is 9.07. The number of rotatable bonds is 4. The van der Waals surface area contributed by atoms with Crippen LogP contribution in [0.15, 0.2) is 0 Å². The fourth-order valence-corrected chi connectivity index (χ4v) is 5.71. The summed E-state index contributed by atoms with van der Waals surface area (Å²) in [5.41, 5.74) is 5.45. The van der Waals surface area contributed by atoms with Gasteiger partial charge in [0.25, 0.3) is 5.91 Å². The summed E-state index contributed by atoms with van der Waals surface area (Å²) in [4.78, 5) is 16.3. The van der Waals surface area contributed by atoms with Crippen LogP contribution in [0.2, 0.25) is 0 Å². The Kier molecular flexibility index (Phi) is 6.37. The molecule has 1 saturated carbocycles. The van der Waals surface area contributed by atoms with Crippen molar-refractivity contribution in [1.82, 2.24) is 26.0 Å². The van der Waals surface area contributed by atoms with E-state index in [1.807, 2.05) is 0 Å². The zero-order chi connectivity index (χ0) is 19.8. The molecular formula is C18H29ClF3N5O. The molecular weight excluding hydrogens is 395 g/mol. The second kappa shape index (κ2) is 8.63. The van der Waals surface area contributed by atoms with E-state index in [9.17, 15) is 18.0 Å². The Bertz CT molecular complexity index is 573. The minimum Gasteiger partial charge on any atom is -0.299 e. The molecule has 4 aliphatic rings. The van der Waals surface area contributed by atoms with E-state index < -0.39 is 23.9 Å². The highest BCUT2D eigenvalue weighted by Crippen LogP contribution is 2.37. The van der Waals surface area contributed by atoms with Crippen LogP contribution in [0.1, 0.15) is 25.7 Å². The Hall–Kier alpha value is -0.610. The first-order chi connectivity index (χ1) is 13.4. The first-order valence-corrected chi connectivity index (χ1v) is 10.7. The number of likely N-dealkylation sites (tertiary alicyclic amines) is 1. The van der Waals surface area contributed by atoms with Gasteiger partial charge < -0.3 is 0 Å². The first kappa shape index (κ1) is 20.7. The van der Waals surface area contributed by atoms with Gasteiger partial charge in [-0.05, 0) is 31.6 Å².